The van der Waals surface area contributed by atoms with E-state index in [0.29, 0.717) is 43.5 Å². The maximum atomic E-state index is 12.9. The first kappa shape index (κ1) is 18.7. The number of hydrogen-bond donors (Lipinski definition) is 2. The van der Waals surface area contributed by atoms with Crippen molar-refractivity contribution in [2.75, 3.05) is 25.1 Å². The molecule has 1 amide bonds. The van der Waals surface area contributed by atoms with Crippen molar-refractivity contribution in [2.24, 2.45) is 0 Å². The number of aromatic nitrogens is 2. The lowest BCUT2D eigenvalue weighted by Gasteiger charge is -2.19. The SMILES string of the molecule is O=C(NCCc1ccc(F)cc1)c1cnc(Nc2ccc3c(c2)OCCO3)cn1. The number of ether oxygens (including phenoxy) is 2. The van der Waals surface area contributed by atoms with Crippen LogP contribution in [0.4, 0.5) is 15.9 Å². The third-order valence-corrected chi connectivity index (χ3v) is 4.31. The number of amides is 1. The molecular formula is C21H19FN4O3. The van der Waals surface area contributed by atoms with Crippen molar-refractivity contribution in [3.05, 3.63) is 71.9 Å². The molecule has 1 aromatic heterocycles. The van der Waals surface area contributed by atoms with Crippen LogP contribution in [-0.2, 0) is 6.42 Å². The van der Waals surface area contributed by atoms with Gasteiger partial charge in [-0.2, -0.15) is 0 Å². The Kier molecular flexibility index (Phi) is 5.51. The highest BCUT2D eigenvalue weighted by Crippen LogP contribution is 2.33. The van der Waals surface area contributed by atoms with Crippen molar-refractivity contribution >= 4 is 17.4 Å². The molecule has 0 saturated heterocycles. The molecule has 0 spiro atoms. The molecule has 2 aromatic carbocycles. The Morgan fingerprint density at radius 1 is 1.00 bits per heavy atom. The summed E-state index contributed by atoms with van der Waals surface area (Å²) >= 11 is 0. The van der Waals surface area contributed by atoms with Gasteiger partial charge in [-0.25, -0.2) is 14.4 Å². The van der Waals surface area contributed by atoms with Gasteiger partial charge in [-0.1, -0.05) is 12.1 Å². The fourth-order valence-corrected chi connectivity index (χ4v) is 2.84. The number of anilines is 2. The fraction of sp³-hybridized carbons (Fsp3) is 0.190. The molecule has 29 heavy (non-hydrogen) atoms. The molecule has 2 heterocycles. The highest BCUT2D eigenvalue weighted by molar-refractivity contribution is 5.92. The lowest BCUT2D eigenvalue weighted by Crippen LogP contribution is -2.26. The van der Waals surface area contributed by atoms with Crippen LogP contribution in [-0.4, -0.2) is 35.6 Å². The summed E-state index contributed by atoms with van der Waals surface area (Å²) in [7, 11) is 0. The number of nitrogens with zero attached hydrogens (tertiary/aromatic N) is 2. The first-order valence-electron chi connectivity index (χ1n) is 9.19. The number of halogens is 1. The highest BCUT2D eigenvalue weighted by atomic mass is 19.1. The lowest BCUT2D eigenvalue weighted by molar-refractivity contribution is 0.0949. The van der Waals surface area contributed by atoms with Crippen LogP contribution in [0.2, 0.25) is 0 Å². The van der Waals surface area contributed by atoms with Crippen LogP contribution in [0.3, 0.4) is 0 Å². The maximum Gasteiger partial charge on any atom is 0.271 e. The minimum absolute atomic E-state index is 0.219. The molecule has 8 heteroatoms. The molecular weight excluding hydrogens is 375 g/mol. The van der Waals surface area contributed by atoms with Crippen molar-refractivity contribution < 1.29 is 18.7 Å². The Morgan fingerprint density at radius 2 is 1.79 bits per heavy atom. The van der Waals surface area contributed by atoms with E-state index >= 15 is 0 Å². The van der Waals surface area contributed by atoms with Gasteiger partial charge in [-0.3, -0.25) is 4.79 Å². The van der Waals surface area contributed by atoms with E-state index in [-0.39, 0.29) is 17.4 Å². The zero-order valence-electron chi connectivity index (χ0n) is 15.5. The number of fused-ring (bicyclic) bond motifs is 1. The fourth-order valence-electron chi connectivity index (χ4n) is 2.84. The number of rotatable bonds is 6. The van der Waals surface area contributed by atoms with Gasteiger partial charge in [-0.05, 0) is 36.2 Å². The van der Waals surface area contributed by atoms with Crippen LogP contribution in [0.5, 0.6) is 11.5 Å². The van der Waals surface area contributed by atoms with E-state index in [9.17, 15) is 9.18 Å². The van der Waals surface area contributed by atoms with Crippen LogP contribution in [0, 0.1) is 5.82 Å². The average molecular weight is 394 g/mol. The van der Waals surface area contributed by atoms with Gasteiger partial charge >= 0.3 is 0 Å². The quantitative estimate of drug-likeness (QED) is 0.668. The molecule has 1 aliphatic rings. The van der Waals surface area contributed by atoms with Gasteiger partial charge < -0.3 is 20.1 Å². The number of carbonyl (C=O) groups is 1. The molecule has 4 rings (SSSR count). The highest BCUT2D eigenvalue weighted by Gasteiger charge is 2.12. The monoisotopic (exact) mass is 394 g/mol. The van der Waals surface area contributed by atoms with Crippen LogP contribution in [0.25, 0.3) is 0 Å². The molecule has 0 aliphatic carbocycles. The molecule has 148 valence electrons. The molecule has 3 aromatic rings. The molecule has 0 saturated carbocycles. The summed E-state index contributed by atoms with van der Waals surface area (Å²) in [5.41, 5.74) is 1.94. The first-order chi connectivity index (χ1) is 14.2. The van der Waals surface area contributed by atoms with E-state index in [0.717, 1.165) is 11.3 Å². The molecule has 7 nitrogen and oxygen atoms in total. The van der Waals surface area contributed by atoms with Gasteiger partial charge in [0.25, 0.3) is 5.91 Å². The molecule has 0 unspecified atom stereocenters. The number of benzene rings is 2. The van der Waals surface area contributed by atoms with Gasteiger partial charge in [0.1, 0.15) is 30.5 Å². The summed E-state index contributed by atoms with van der Waals surface area (Å²) in [6, 6.07) is 11.7. The Bertz CT molecular complexity index is 994. The summed E-state index contributed by atoms with van der Waals surface area (Å²) in [6.07, 6.45) is 3.50. The first-order valence-corrected chi connectivity index (χ1v) is 9.19. The van der Waals surface area contributed by atoms with Crippen LogP contribution in [0.1, 0.15) is 16.1 Å². The number of nitrogens with one attached hydrogen (secondary N) is 2. The van der Waals surface area contributed by atoms with Crippen molar-refractivity contribution in [1.82, 2.24) is 15.3 Å². The molecule has 0 bridgehead atoms. The van der Waals surface area contributed by atoms with Gasteiger partial charge in [-0.15, -0.1) is 0 Å². The van der Waals surface area contributed by atoms with E-state index in [4.69, 9.17) is 9.47 Å². The average Bonchev–Trinajstić information content (AvgIpc) is 2.75. The van der Waals surface area contributed by atoms with Crippen molar-refractivity contribution in [3.8, 4) is 11.5 Å². The standard InChI is InChI=1S/C21H19FN4O3/c22-15-3-1-14(2-4-15)7-8-23-21(27)17-12-25-20(13-24-17)26-16-5-6-18-19(11-16)29-10-9-28-18/h1-6,11-13H,7-10H2,(H,23,27)(H,25,26). The van der Waals surface area contributed by atoms with Gasteiger partial charge in [0.15, 0.2) is 11.5 Å². The Labute approximate surface area is 166 Å². The predicted octanol–water partition coefficient (Wildman–Crippen LogP) is 3.10. The second kappa shape index (κ2) is 8.55. The van der Waals surface area contributed by atoms with E-state index in [1.807, 2.05) is 18.2 Å². The summed E-state index contributed by atoms with van der Waals surface area (Å²) in [5, 5.41) is 5.90. The van der Waals surface area contributed by atoms with E-state index in [1.54, 1.807) is 12.1 Å². The molecule has 0 radical (unpaired) electrons. The Balaban J connectivity index is 1.31. The molecule has 0 atom stereocenters. The third kappa shape index (κ3) is 4.78. The lowest BCUT2D eigenvalue weighted by atomic mass is 10.1. The smallest absolute Gasteiger partial charge is 0.271 e. The van der Waals surface area contributed by atoms with Gasteiger partial charge in [0, 0.05) is 18.3 Å². The topological polar surface area (TPSA) is 85.4 Å². The maximum absolute atomic E-state index is 12.9. The largest absolute Gasteiger partial charge is 0.486 e. The zero-order valence-corrected chi connectivity index (χ0v) is 15.5. The molecule has 0 fully saturated rings. The zero-order chi connectivity index (χ0) is 20.1. The van der Waals surface area contributed by atoms with Gasteiger partial charge in [0.2, 0.25) is 0 Å². The van der Waals surface area contributed by atoms with E-state index in [2.05, 4.69) is 20.6 Å². The summed E-state index contributed by atoms with van der Waals surface area (Å²) in [4.78, 5) is 20.6. The van der Waals surface area contributed by atoms with Crippen LogP contribution in [0.15, 0.2) is 54.9 Å². The van der Waals surface area contributed by atoms with Crippen molar-refractivity contribution in [3.63, 3.8) is 0 Å². The Morgan fingerprint density at radius 3 is 2.55 bits per heavy atom. The van der Waals surface area contributed by atoms with Gasteiger partial charge in [0.05, 0.1) is 12.4 Å². The van der Waals surface area contributed by atoms with Crippen LogP contribution >= 0.6 is 0 Å². The van der Waals surface area contributed by atoms with E-state index < -0.39 is 0 Å². The number of carbonyl (C=O) groups excluding carboxylic acids is 1. The van der Waals surface area contributed by atoms with E-state index in [1.165, 1.54) is 24.5 Å². The molecule has 2 N–H and O–H groups in total. The molecule has 1 aliphatic heterocycles. The minimum Gasteiger partial charge on any atom is -0.486 e. The van der Waals surface area contributed by atoms with Crippen LogP contribution < -0.4 is 20.1 Å². The normalized spacial score (nSPS) is 12.3. The summed E-state index contributed by atoms with van der Waals surface area (Å²) < 4.78 is 24.0. The minimum atomic E-state index is -0.314. The summed E-state index contributed by atoms with van der Waals surface area (Å²) in [6.45, 7) is 1.48. The second-order valence-electron chi connectivity index (χ2n) is 6.40. The Hall–Kier alpha value is -3.68. The number of hydrogen-bond acceptors (Lipinski definition) is 6. The predicted molar refractivity (Wildman–Crippen MR) is 105 cm³/mol. The van der Waals surface area contributed by atoms with Crippen molar-refractivity contribution in [2.45, 2.75) is 6.42 Å². The van der Waals surface area contributed by atoms with Crippen molar-refractivity contribution in [1.29, 1.82) is 0 Å². The summed E-state index contributed by atoms with van der Waals surface area (Å²) in [5.74, 6) is 1.29. The second-order valence-corrected chi connectivity index (χ2v) is 6.40. The third-order valence-electron chi connectivity index (χ3n) is 4.31.